The Morgan fingerprint density at radius 3 is 2.63 bits per heavy atom. The minimum Gasteiger partial charge on any atom is -0.411 e. The summed E-state index contributed by atoms with van der Waals surface area (Å²) in [6.45, 7) is 0.339. The SMILES string of the molecule is N#CCCN(C(=O)CSc1nnc(-c2ccccc2Br)o1)c1ccccc1. The first-order valence-electron chi connectivity index (χ1n) is 8.12. The number of thioether (sulfide) groups is 1. The molecule has 0 atom stereocenters. The van der Waals surface area contributed by atoms with Crippen LogP contribution in [0, 0.1) is 11.3 Å². The number of halogens is 1. The Bertz CT molecular complexity index is 956. The largest absolute Gasteiger partial charge is 0.411 e. The molecule has 3 aromatic rings. The molecule has 1 heterocycles. The first-order valence-corrected chi connectivity index (χ1v) is 9.90. The Labute approximate surface area is 169 Å². The van der Waals surface area contributed by atoms with Crippen LogP contribution in [0.15, 0.2) is 68.7 Å². The summed E-state index contributed by atoms with van der Waals surface area (Å²) in [6.07, 6.45) is 0.262. The smallest absolute Gasteiger partial charge is 0.277 e. The summed E-state index contributed by atoms with van der Waals surface area (Å²) in [5.41, 5.74) is 1.56. The predicted molar refractivity (Wildman–Crippen MR) is 107 cm³/mol. The van der Waals surface area contributed by atoms with Gasteiger partial charge in [-0.2, -0.15) is 5.26 Å². The van der Waals surface area contributed by atoms with Crippen molar-refractivity contribution < 1.29 is 9.21 Å². The third kappa shape index (κ3) is 4.96. The van der Waals surface area contributed by atoms with E-state index in [-0.39, 0.29) is 18.1 Å². The molecule has 0 saturated carbocycles. The summed E-state index contributed by atoms with van der Waals surface area (Å²) in [5, 5.41) is 17.2. The third-order valence-corrected chi connectivity index (χ3v) is 5.14. The molecule has 0 fully saturated rings. The zero-order chi connectivity index (χ0) is 19.1. The van der Waals surface area contributed by atoms with Gasteiger partial charge in [0.15, 0.2) is 0 Å². The average molecular weight is 443 g/mol. The molecule has 136 valence electrons. The molecule has 1 aromatic heterocycles. The van der Waals surface area contributed by atoms with E-state index in [0.29, 0.717) is 17.7 Å². The minimum absolute atomic E-state index is 0.123. The van der Waals surface area contributed by atoms with Crippen molar-refractivity contribution in [3.63, 3.8) is 0 Å². The highest BCUT2D eigenvalue weighted by Crippen LogP contribution is 2.29. The summed E-state index contributed by atoms with van der Waals surface area (Å²) in [4.78, 5) is 14.3. The molecular weight excluding hydrogens is 428 g/mol. The topological polar surface area (TPSA) is 83.0 Å². The number of nitriles is 1. The maximum atomic E-state index is 12.7. The van der Waals surface area contributed by atoms with E-state index in [1.165, 1.54) is 11.8 Å². The number of carbonyl (C=O) groups excluding carboxylic acids is 1. The lowest BCUT2D eigenvalue weighted by Gasteiger charge is -2.21. The molecule has 6 nitrogen and oxygen atoms in total. The van der Waals surface area contributed by atoms with E-state index in [2.05, 4.69) is 32.2 Å². The Balaban J connectivity index is 1.67. The van der Waals surface area contributed by atoms with E-state index in [4.69, 9.17) is 9.68 Å². The quantitative estimate of drug-likeness (QED) is 0.499. The van der Waals surface area contributed by atoms with Crippen molar-refractivity contribution in [1.29, 1.82) is 5.26 Å². The molecular formula is C19H15BrN4O2S. The second-order valence-electron chi connectivity index (χ2n) is 5.43. The molecule has 0 N–H and O–H groups in total. The van der Waals surface area contributed by atoms with Crippen molar-refractivity contribution in [2.45, 2.75) is 11.6 Å². The van der Waals surface area contributed by atoms with Crippen LogP contribution < -0.4 is 4.90 Å². The van der Waals surface area contributed by atoms with E-state index in [1.54, 1.807) is 4.90 Å². The van der Waals surface area contributed by atoms with Crippen molar-refractivity contribution in [3.05, 3.63) is 59.1 Å². The second-order valence-corrected chi connectivity index (χ2v) is 7.21. The number of carbonyl (C=O) groups is 1. The van der Waals surface area contributed by atoms with Crippen molar-refractivity contribution >= 4 is 39.3 Å². The number of nitrogens with zero attached hydrogens (tertiary/aromatic N) is 4. The van der Waals surface area contributed by atoms with Gasteiger partial charge in [0.25, 0.3) is 5.22 Å². The van der Waals surface area contributed by atoms with E-state index in [1.807, 2.05) is 54.6 Å². The van der Waals surface area contributed by atoms with E-state index in [0.717, 1.165) is 15.7 Å². The molecule has 2 aromatic carbocycles. The van der Waals surface area contributed by atoms with E-state index in [9.17, 15) is 4.79 Å². The maximum Gasteiger partial charge on any atom is 0.277 e. The van der Waals surface area contributed by atoms with Gasteiger partial charge in [0.1, 0.15) is 0 Å². The molecule has 0 aliphatic heterocycles. The summed E-state index contributed by atoms with van der Waals surface area (Å²) in [7, 11) is 0. The van der Waals surface area contributed by atoms with Crippen LogP contribution in [0.2, 0.25) is 0 Å². The maximum absolute atomic E-state index is 12.7. The van der Waals surface area contributed by atoms with Crippen LogP contribution in [-0.2, 0) is 4.79 Å². The molecule has 1 amide bonds. The van der Waals surface area contributed by atoms with Crippen molar-refractivity contribution in [2.75, 3.05) is 17.2 Å². The fourth-order valence-electron chi connectivity index (χ4n) is 2.38. The molecule has 0 aliphatic rings. The minimum atomic E-state index is -0.123. The molecule has 3 rings (SSSR count). The van der Waals surface area contributed by atoms with Gasteiger partial charge in [-0.15, -0.1) is 10.2 Å². The summed E-state index contributed by atoms with van der Waals surface area (Å²) in [5.74, 6) is 0.404. The lowest BCUT2D eigenvalue weighted by molar-refractivity contribution is -0.116. The number of para-hydroxylation sites is 1. The zero-order valence-corrected chi connectivity index (χ0v) is 16.6. The highest BCUT2D eigenvalue weighted by atomic mass is 79.9. The van der Waals surface area contributed by atoms with Gasteiger partial charge < -0.3 is 9.32 Å². The summed E-state index contributed by atoms with van der Waals surface area (Å²) < 4.78 is 6.51. The van der Waals surface area contributed by atoms with Crippen LogP contribution in [-0.4, -0.2) is 28.4 Å². The number of rotatable bonds is 7. The van der Waals surface area contributed by atoms with Gasteiger partial charge in [-0.25, -0.2) is 0 Å². The molecule has 0 aliphatic carbocycles. The Hall–Kier alpha value is -2.63. The van der Waals surface area contributed by atoms with Gasteiger partial charge in [0.2, 0.25) is 11.8 Å². The van der Waals surface area contributed by atoms with Crippen LogP contribution in [0.4, 0.5) is 5.69 Å². The molecule has 27 heavy (non-hydrogen) atoms. The monoisotopic (exact) mass is 442 g/mol. The average Bonchev–Trinajstić information content (AvgIpc) is 3.16. The zero-order valence-electron chi connectivity index (χ0n) is 14.2. The normalized spacial score (nSPS) is 10.4. The van der Waals surface area contributed by atoms with Crippen LogP contribution in [0.3, 0.4) is 0 Å². The van der Waals surface area contributed by atoms with Crippen LogP contribution in [0.25, 0.3) is 11.5 Å². The number of aromatic nitrogens is 2. The molecule has 0 saturated heterocycles. The lowest BCUT2D eigenvalue weighted by atomic mass is 10.2. The number of hydrogen-bond acceptors (Lipinski definition) is 6. The fraction of sp³-hybridized carbons (Fsp3) is 0.158. The Morgan fingerprint density at radius 2 is 1.89 bits per heavy atom. The number of anilines is 1. The third-order valence-electron chi connectivity index (χ3n) is 3.65. The number of benzene rings is 2. The Kier molecular flexibility index (Phi) is 6.63. The van der Waals surface area contributed by atoms with E-state index >= 15 is 0 Å². The summed E-state index contributed by atoms with van der Waals surface area (Å²) in [6, 6.07) is 18.9. The number of amides is 1. The molecule has 0 bridgehead atoms. The van der Waals surface area contributed by atoms with Crippen LogP contribution in [0.1, 0.15) is 6.42 Å². The van der Waals surface area contributed by atoms with Crippen LogP contribution >= 0.6 is 27.7 Å². The van der Waals surface area contributed by atoms with Gasteiger partial charge in [-0.1, -0.05) is 42.1 Å². The molecule has 0 spiro atoms. The van der Waals surface area contributed by atoms with Gasteiger partial charge in [-0.3, -0.25) is 4.79 Å². The highest BCUT2D eigenvalue weighted by Gasteiger charge is 2.18. The van der Waals surface area contributed by atoms with Gasteiger partial charge in [-0.05, 0) is 40.2 Å². The lowest BCUT2D eigenvalue weighted by Crippen LogP contribution is -2.33. The van der Waals surface area contributed by atoms with E-state index < -0.39 is 0 Å². The first kappa shape index (κ1) is 19.1. The fourth-order valence-corrected chi connectivity index (χ4v) is 3.47. The highest BCUT2D eigenvalue weighted by molar-refractivity contribution is 9.10. The van der Waals surface area contributed by atoms with Crippen molar-refractivity contribution in [2.24, 2.45) is 0 Å². The van der Waals surface area contributed by atoms with Gasteiger partial charge in [0, 0.05) is 16.7 Å². The first-order chi connectivity index (χ1) is 13.2. The number of hydrogen-bond donors (Lipinski definition) is 0. The van der Waals surface area contributed by atoms with Crippen molar-refractivity contribution in [3.8, 4) is 17.5 Å². The summed E-state index contributed by atoms with van der Waals surface area (Å²) >= 11 is 4.63. The molecule has 0 unspecified atom stereocenters. The van der Waals surface area contributed by atoms with Gasteiger partial charge in [0.05, 0.1) is 23.8 Å². The van der Waals surface area contributed by atoms with Gasteiger partial charge >= 0.3 is 0 Å². The molecule has 0 radical (unpaired) electrons. The standard InChI is InChI=1S/C19H15BrN4O2S/c20-16-10-5-4-9-15(16)18-22-23-19(26-18)27-13-17(25)24(12-6-11-21)14-7-2-1-3-8-14/h1-5,7-10H,6,12-13H2. The second kappa shape index (κ2) is 9.35. The Morgan fingerprint density at radius 1 is 1.15 bits per heavy atom. The van der Waals surface area contributed by atoms with Crippen molar-refractivity contribution in [1.82, 2.24) is 10.2 Å². The van der Waals surface area contributed by atoms with Crippen LogP contribution in [0.5, 0.6) is 0 Å². The predicted octanol–water partition coefficient (Wildman–Crippen LogP) is 4.54. The molecule has 8 heteroatoms.